The van der Waals surface area contributed by atoms with Crippen LogP contribution in [0.4, 0.5) is 0 Å². The number of hydrogen-bond donors (Lipinski definition) is 0. The van der Waals surface area contributed by atoms with Gasteiger partial charge in [-0.25, -0.2) is 0 Å². The molecule has 0 aromatic heterocycles. The summed E-state index contributed by atoms with van der Waals surface area (Å²) in [5, 5.41) is 5.81. The number of rotatable bonds is 21. The van der Waals surface area contributed by atoms with Crippen molar-refractivity contribution in [2.24, 2.45) is 13.5 Å². The van der Waals surface area contributed by atoms with Crippen LogP contribution in [0.5, 0.6) is 0 Å². The van der Waals surface area contributed by atoms with Crippen molar-refractivity contribution in [3.05, 3.63) is 364 Å². The summed E-state index contributed by atoms with van der Waals surface area (Å²) in [6.45, 7) is 0. The first kappa shape index (κ1) is 61.9. The van der Waals surface area contributed by atoms with E-state index in [1.54, 1.807) is 0 Å². The van der Waals surface area contributed by atoms with Crippen molar-refractivity contribution in [2.45, 2.75) is 0 Å². The molecule has 0 unspecified atom stereocenters. The number of nitrogens with zero attached hydrogens (tertiary/aromatic N) is 3. The number of benzene rings is 12. The second-order valence-electron chi connectivity index (χ2n) is 20.5. The Morgan fingerprint density at radius 1 is 0.202 bits per heavy atom. The van der Waals surface area contributed by atoms with Crippen molar-refractivity contribution in [2.75, 3.05) is 0 Å². The monoisotopic (exact) mass is 1360 g/mol. The molecule has 0 saturated heterocycles. The minimum atomic E-state index is -6.60. The predicted octanol–water partition coefficient (Wildman–Crippen LogP) is 15.8. The van der Waals surface area contributed by atoms with E-state index in [0.29, 0.717) is 63.7 Å². The maximum atomic E-state index is 17.3. The Kier molecular flexibility index (Phi) is 19.1. The van der Waals surface area contributed by atoms with Crippen molar-refractivity contribution < 1.29 is 24.3 Å². The Morgan fingerprint density at radius 2 is 0.315 bits per heavy atom. The van der Waals surface area contributed by atoms with E-state index in [2.05, 4.69) is 0 Å². The van der Waals surface area contributed by atoms with Crippen LogP contribution in [0.25, 0.3) is 0 Å². The Morgan fingerprint density at radius 3 is 0.438 bits per heavy atom. The van der Waals surface area contributed by atoms with Gasteiger partial charge < -0.3 is 0 Å². The molecule has 0 bridgehead atoms. The molecule has 0 fully saturated rings. The van der Waals surface area contributed by atoms with Gasteiger partial charge in [0.15, 0.2) is 0 Å². The fourth-order valence-electron chi connectivity index (χ4n) is 10.5. The van der Waals surface area contributed by atoms with Gasteiger partial charge in [0.05, 0.1) is 0 Å². The topological polar surface area (TPSA) is 116 Å². The molecule has 0 aliphatic heterocycles. The van der Waals surface area contributed by atoms with Gasteiger partial charge in [-0.15, -0.1) is 0 Å². The van der Waals surface area contributed by atoms with Gasteiger partial charge in [0, 0.05) is 0 Å². The summed E-state index contributed by atoms with van der Waals surface area (Å²) >= 11 is -6.60. The quantitative estimate of drug-likeness (QED) is 0.0523. The molecule has 0 saturated carbocycles. The van der Waals surface area contributed by atoms with Gasteiger partial charge in [-0.2, -0.15) is 0 Å². The van der Waals surface area contributed by atoms with Crippen LogP contribution in [0, 0.1) is 0 Å². The molecule has 0 atom stereocenters. The van der Waals surface area contributed by atoms with Crippen LogP contribution in [0.1, 0.15) is 0 Å². The summed E-state index contributed by atoms with van der Waals surface area (Å²) in [4.78, 5) is 0. The zero-order valence-electron chi connectivity index (χ0n) is 48.0. The molecule has 0 spiro atoms. The summed E-state index contributed by atoms with van der Waals surface area (Å²) in [5.41, 5.74) is 0. The van der Waals surface area contributed by atoms with Gasteiger partial charge in [0.2, 0.25) is 0 Å². The summed E-state index contributed by atoms with van der Waals surface area (Å²) < 4.78 is 94.9. The summed E-state index contributed by atoms with van der Waals surface area (Å²) in [7, 11) is -16.3. The first-order chi connectivity index (χ1) is 43.5. The van der Waals surface area contributed by atoms with Crippen LogP contribution in [-0.2, 0) is 24.3 Å². The molecule has 9 nitrogen and oxygen atoms in total. The average molecular weight is 1360 g/mol. The van der Waals surface area contributed by atoms with E-state index >= 15 is 13.7 Å². The van der Waals surface area contributed by atoms with Gasteiger partial charge in [0.25, 0.3) is 0 Å². The van der Waals surface area contributed by atoms with Gasteiger partial charge >= 0.3 is 533 Å². The second-order valence-corrected chi connectivity index (χ2v) is 44.2. The normalized spacial score (nSPS) is 12.4. The zero-order chi connectivity index (χ0) is 61.1. The fourth-order valence-corrected chi connectivity index (χ4v) is 49.4. The van der Waals surface area contributed by atoms with E-state index in [4.69, 9.17) is 24.2 Å². The fraction of sp³-hybridized carbons (Fsp3) is 0. The van der Waals surface area contributed by atoms with Crippen molar-refractivity contribution in [3.8, 4) is 0 Å². The van der Waals surface area contributed by atoms with Crippen LogP contribution >= 0.6 is 53.7 Å². The molecule has 12 rings (SSSR count). The molecule has 0 aliphatic carbocycles. The van der Waals surface area contributed by atoms with Gasteiger partial charge in [-0.1, -0.05) is 0 Å². The molecule has 12 aromatic rings. The average Bonchev–Trinajstić information content (AvgIpc) is 0.955. The van der Waals surface area contributed by atoms with E-state index in [-0.39, 0.29) is 0 Å². The molecule has 0 heterocycles. The molecule has 0 aliphatic rings. The maximum absolute atomic E-state index is 17.3. The Hall–Kier alpha value is -7.27. The third kappa shape index (κ3) is 12.9. The molecule has 89 heavy (non-hydrogen) atoms. The first-order valence-corrected chi connectivity index (χ1v) is 44.0. The molecule has 0 amide bonds. The van der Waals surface area contributed by atoms with Crippen LogP contribution < -0.4 is 63.7 Å². The number of halogens is 1. The minimum absolute atomic E-state index is 0.440. The molecular weight excluding hydrogens is 1300 g/mol. The van der Waals surface area contributed by atoms with E-state index in [1.807, 2.05) is 364 Å². The first-order valence-electron chi connectivity index (χ1n) is 28.7. The molecular formula is C72H60ClGeN3O6P6. The van der Waals surface area contributed by atoms with Crippen LogP contribution in [-0.4, -0.2) is 13.3 Å². The SMILES string of the molecule is O=P(N=P([O][Ge]([Cl])([O]P(=NP(=O)(c1ccccc1)c1ccccc1)(c1ccccc1)c1ccccc1)[O]P(=NP(=O)(c1ccccc1)c1ccccc1)(c1ccccc1)c1ccccc1)(c1ccccc1)c1ccccc1)(c1ccccc1)c1ccccc1. The van der Waals surface area contributed by atoms with Crippen LogP contribution in [0.3, 0.4) is 0 Å². The standard InChI is InChI=1S/C72H60ClGeN3O6P6/c73-74(81-87(67-49-25-7-26-50-67,68-51-27-8-28-52-68)75-84(78,61-37-13-1-14-38-61)62-39-15-2-16-40-62,82-88(69-53-29-9-30-54-69,70-55-31-10-32-56-70)76-85(79,63-41-17-3-18-42-63)64-43-19-4-20-44-64)83-89(71-57-33-11-34-58-71,72-59-35-12-36-60-72)77-86(80,65-45-21-5-22-46-65)66-47-23-6-24-48-66/h1-60H. The summed E-state index contributed by atoms with van der Waals surface area (Å²) in [6.07, 6.45) is 0. The molecule has 440 valence electrons. The van der Waals surface area contributed by atoms with Crippen molar-refractivity contribution in [3.63, 3.8) is 0 Å². The van der Waals surface area contributed by atoms with Gasteiger partial charge in [-0.05, 0) is 0 Å². The van der Waals surface area contributed by atoms with E-state index in [0.717, 1.165) is 0 Å². The van der Waals surface area contributed by atoms with Gasteiger partial charge in [0.1, 0.15) is 0 Å². The Labute approximate surface area is 528 Å². The number of hydrogen-bond acceptors (Lipinski definition) is 6. The Bertz CT molecular complexity index is 3910. The molecule has 0 N–H and O–H groups in total. The molecule has 17 heteroatoms. The van der Waals surface area contributed by atoms with Crippen LogP contribution in [0.2, 0.25) is 0 Å². The zero-order valence-corrected chi connectivity index (χ0v) is 56.2. The third-order valence-corrected chi connectivity index (χ3v) is 46.6. The van der Waals surface area contributed by atoms with Crippen molar-refractivity contribution in [1.82, 2.24) is 0 Å². The van der Waals surface area contributed by atoms with E-state index in [9.17, 15) is 10.0 Å². The summed E-state index contributed by atoms with van der Waals surface area (Å²) in [5.74, 6) is 0. The summed E-state index contributed by atoms with van der Waals surface area (Å²) in [6, 6.07) is 112. The molecule has 12 aromatic carbocycles. The van der Waals surface area contributed by atoms with Crippen molar-refractivity contribution in [1.29, 1.82) is 0 Å². The van der Waals surface area contributed by atoms with Gasteiger partial charge in [-0.3, -0.25) is 0 Å². The van der Waals surface area contributed by atoms with E-state index < -0.39 is 57.1 Å². The predicted molar refractivity (Wildman–Crippen MR) is 379 cm³/mol. The van der Waals surface area contributed by atoms with Crippen molar-refractivity contribution >= 4 is 131 Å². The second kappa shape index (κ2) is 27.5. The Balaban J connectivity index is 1.30. The van der Waals surface area contributed by atoms with E-state index in [1.165, 1.54) is 0 Å². The van der Waals surface area contributed by atoms with Crippen LogP contribution in [0.15, 0.2) is 378 Å². The molecule has 0 radical (unpaired) electrons. The third-order valence-electron chi connectivity index (χ3n) is 14.8.